The molecule has 0 aliphatic carbocycles. The summed E-state index contributed by atoms with van der Waals surface area (Å²) in [4.78, 5) is 50.1. The Balaban J connectivity index is 1.45. The number of likely N-dealkylation sites (tertiary alicyclic amines) is 1. The van der Waals surface area contributed by atoms with Crippen LogP contribution in [0.4, 0.5) is 5.69 Å². The minimum absolute atomic E-state index is 0.0581. The Bertz CT molecular complexity index is 934. The Morgan fingerprint density at radius 3 is 2.27 bits per heavy atom. The summed E-state index contributed by atoms with van der Waals surface area (Å²) in [5.41, 5.74) is 1.65. The van der Waals surface area contributed by atoms with E-state index in [1.54, 1.807) is 53.4 Å². The first kappa shape index (κ1) is 21.2. The Morgan fingerprint density at radius 2 is 1.60 bits per heavy atom. The first-order valence-corrected chi connectivity index (χ1v) is 9.97. The number of hydrogen-bond acceptors (Lipinski definition) is 4. The smallest absolute Gasteiger partial charge is 0.251 e. The molecule has 156 valence electrons. The van der Waals surface area contributed by atoms with Gasteiger partial charge in [-0.05, 0) is 44.0 Å². The predicted molar refractivity (Wildman–Crippen MR) is 113 cm³/mol. The van der Waals surface area contributed by atoms with Crippen LogP contribution in [0.2, 0.25) is 0 Å². The van der Waals surface area contributed by atoms with E-state index in [9.17, 15) is 19.2 Å². The number of nitrogens with zero attached hydrogens (tertiary/aromatic N) is 1. The van der Waals surface area contributed by atoms with E-state index in [-0.39, 0.29) is 36.0 Å². The average Bonchev–Trinajstić information content (AvgIpc) is 2.78. The Morgan fingerprint density at radius 1 is 0.933 bits per heavy atom. The lowest BCUT2D eigenvalue weighted by Gasteiger charge is -2.31. The first-order chi connectivity index (χ1) is 14.4. The quantitative estimate of drug-likeness (QED) is 0.719. The maximum atomic E-state index is 12.5. The van der Waals surface area contributed by atoms with Crippen molar-refractivity contribution in [2.24, 2.45) is 5.92 Å². The van der Waals surface area contributed by atoms with Crippen LogP contribution in [0.15, 0.2) is 54.6 Å². The van der Waals surface area contributed by atoms with Crippen LogP contribution in [0.5, 0.6) is 0 Å². The van der Waals surface area contributed by atoms with Gasteiger partial charge in [-0.25, -0.2) is 0 Å². The van der Waals surface area contributed by atoms with Gasteiger partial charge in [0.25, 0.3) is 5.91 Å². The molecule has 0 aromatic heterocycles. The molecule has 3 rings (SSSR count). The summed E-state index contributed by atoms with van der Waals surface area (Å²) < 4.78 is 0. The zero-order chi connectivity index (χ0) is 21.5. The van der Waals surface area contributed by atoms with Gasteiger partial charge in [-0.1, -0.05) is 30.3 Å². The van der Waals surface area contributed by atoms with Crippen molar-refractivity contribution in [3.05, 3.63) is 65.7 Å². The van der Waals surface area contributed by atoms with Crippen LogP contribution < -0.4 is 10.6 Å². The summed E-state index contributed by atoms with van der Waals surface area (Å²) in [6, 6.07) is 15.6. The highest BCUT2D eigenvalue weighted by atomic mass is 16.2. The van der Waals surface area contributed by atoms with Crippen molar-refractivity contribution < 1.29 is 19.2 Å². The van der Waals surface area contributed by atoms with Gasteiger partial charge in [0.05, 0.1) is 6.54 Å². The van der Waals surface area contributed by atoms with Gasteiger partial charge in [0, 0.05) is 35.8 Å². The molecule has 2 aromatic rings. The van der Waals surface area contributed by atoms with Gasteiger partial charge in [0.2, 0.25) is 11.8 Å². The summed E-state index contributed by atoms with van der Waals surface area (Å²) in [5, 5.41) is 5.50. The lowest BCUT2D eigenvalue weighted by Crippen LogP contribution is -2.45. The average molecular weight is 407 g/mol. The van der Waals surface area contributed by atoms with E-state index in [0.717, 1.165) is 0 Å². The summed E-state index contributed by atoms with van der Waals surface area (Å²) in [5.74, 6) is -0.815. The number of carbonyl (C=O) groups is 4. The van der Waals surface area contributed by atoms with Crippen LogP contribution in [0.25, 0.3) is 0 Å². The molecule has 1 heterocycles. The maximum absolute atomic E-state index is 12.5. The van der Waals surface area contributed by atoms with E-state index in [1.807, 2.05) is 6.07 Å². The van der Waals surface area contributed by atoms with E-state index in [4.69, 9.17) is 0 Å². The third-order valence-electron chi connectivity index (χ3n) is 5.19. The van der Waals surface area contributed by atoms with Crippen molar-refractivity contribution in [2.45, 2.75) is 19.8 Å². The van der Waals surface area contributed by atoms with Crippen LogP contribution in [0, 0.1) is 5.92 Å². The zero-order valence-electron chi connectivity index (χ0n) is 16.9. The number of carbonyl (C=O) groups excluding carboxylic acids is 4. The van der Waals surface area contributed by atoms with Crippen LogP contribution in [0.3, 0.4) is 0 Å². The highest BCUT2D eigenvalue weighted by Gasteiger charge is 2.27. The molecule has 1 aliphatic rings. The fraction of sp³-hybridized carbons (Fsp3) is 0.304. The predicted octanol–water partition coefficient (Wildman–Crippen LogP) is 2.50. The molecule has 0 radical (unpaired) electrons. The Hall–Kier alpha value is -3.48. The third-order valence-corrected chi connectivity index (χ3v) is 5.19. The molecule has 0 unspecified atom stereocenters. The van der Waals surface area contributed by atoms with Gasteiger partial charge in [0.1, 0.15) is 0 Å². The second-order valence-corrected chi connectivity index (χ2v) is 7.33. The van der Waals surface area contributed by atoms with E-state index >= 15 is 0 Å². The monoisotopic (exact) mass is 407 g/mol. The van der Waals surface area contributed by atoms with Crippen molar-refractivity contribution in [2.75, 3.05) is 25.0 Å². The van der Waals surface area contributed by atoms with Crippen LogP contribution in [0.1, 0.15) is 40.5 Å². The Labute approximate surface area is 175 Å². The molecule has 7 heteroatoms. The molecule has 0 bridgehead atoms. The molecule has 7 nitrogen and oxygen atoms in total. The van der Waals surface area contributed by atoms with Gasteiger partial charge in [0.15, 0.2) is 5.78 Å². The van der Waals surface area contributed by atoms with E-state index in [0.29, 0.717) is 42.7 Å². The van der Waals surface area contributed by atoms with Crippen molar-refractivity contribution in [1.82, 2.24) is 10.2 Å². The first-order valence-electron chi connectivity index (χ1n) is 9.97. The topological polar surface area (TPSA) is 95.6 Å². The molecular weight excluding hydrogens is 382 g/mol. The van der Waals surface area contributed by atoms with Crippen molar-refractivity contribution in [1.29, 1.82) is 0 Å². The van der Waals surface area contributed by atoms with Gasteiger partial charge < -0.3 is 15.5 Å². The van der Waals surface area contributed by atoms with Gasteiger partial charge in [-0.3, -0.25) is 19.2 Å². The summed E-state index contributed by atoms with van der Waals surface area (Å²) in [6.45, 7) is 2.34. The summed E-state index contributed by atoms with van der Waals surface area (Å²) in [7, 11) is 0. The third kappa shape index (κ3) is 5.53. The molecule has 0 spiro atoms. The van der Waals surface area contributed by atoms with Gasteiger partial charge >= 0.3 is 0 Å². The van der Waals surface area contributed by atoms with Crippen molar-refractivity contribution in [3.8, 4) is 0 Å². The highest BCUT2D eigenvalue weighted by molar-refractivity contribution is 5.98. The Kier molecular flexibility index (Phi) is 6.95. The molecule has 1 aliphatic heterocycles. The molecule has 2 aromatic carbocycles. The number of anilines is 1. The fourth-order valence-corrected chi connectivity index (χ4v) is 3.41. The number of amides is 3. The standard InChI is InChI=1S/C23H25N3O4/c1-16(27)19-8-5-9-20(14-19)25-23(30)18-10-12-26(13-11-18)21(28)15-24-22(29)17-6-3-2-4-7-17/h2-9,14,18H,10-13,15H2,1H3,(H,24,29)(H,25,30). The summed E-state index contributed by atoms with van der Waals surface area (Å²) in [6.07, 6.45) is 1.10. The number of piperidine rings is 1. The zero-order valence-corrected chi connectivity index (χ0v) is 16.9. The molecular formula is C23H25N3O4. The molecule has 2 N–H and O–H groups in total. The molecule has 0 atom stereocenters. The highest BCUT2D eigenvalue weighted by Crippen LogP contribution is 2.20. The lowest BCUT2D eigenvalue weighted by atomic mass is 9.95. The van der Waals surface area contributed by atoms with Crippen LogP contribution in [-0.4, -0.2) is 48.0 Å². The molecule has 3 amide bonds. The molecule has 30 heavy (non-hydrogen) atoms. The van der Waals surface area contributed by atoms with E-state index < -0.39 is 0 Å². The second kappa shape index (κ2) is 9.82. The van der Waals surface area contributed by atoms with Crippen molar-refractivity contribution >= 4 is 29.2 Å². The number of hydrogen-bond donors (Lipinski definition) is 2. The number of benzene rings is 2. The lowest BCUT2D eigenvalue weighted by molar-refractivity contribution is -0.133. The second-order valence-electron chi connectivity index (χ2n) is 7.33. The van der Waals surface area contributed by atoms with Gasteiger partial charge in [-0.2, -0.15) is 0 Å². The molecule has 1 fully saturated rings. The molecule has 1 saturated heterocycles. The van der Waals surface area contributed by atoms with E-state index in [2.05, 4.69) is 10.6 Å². The minimum Gasteiger partial charge on any atom is -0.343 e. The number of Topliss-reactive ketones (excluding diaryl/α,β-unsaturated/α-hetero) is 1. The number of nitrogens with one attached hydrogen (secondary N) is 2. The number of ketones is 1. The van der Waals surface area contributed by atoms with Crippen molar-refractivity contribution in [3.63, 3.8) is 0 Å². The normalized spacial score (nSPS) is 14.1. The van der Waals surface area contributed by atoms with Gasteiger partial charge in [-0.15, -0.1) is 0 Å². The maximum Gasteiger partial charge on any atom is 0.251 e. The molecule has 0 saturated carbocycles. The minimum atomic E-state index is -0.286. The largest absolute Gasteiger partial charge is 0.343 e. The summed E-state index contributed by atoms with van der Waals surface area (Å²) >= 11 is 0. The fourth-order valence-electron chi connectivity index (χ4n) is 3.41. The van der Waals surface area contributed by atoms with E-state index in [1.165, 1.54) is 6.92 Å². The SMILES string of the molecule is CC(=O)c1cccc(NC(=O)C2CCN(C(=O)CNC(=O)c3ccccc3)CC2)c1. The van der Waals surface area contributed by atoms with Crippen LogP contribution >= 0.6 is 0 Å². The van der Waals surface area contributed by atoms with Crippen LogP contribution in [-0.2, 0) is 9.59 Å². The number of rotatable bonds is 6.